The lowest BCUT2D eigenvalue weighted by molar-refractivity contribution is -0.122. The molecule has 1 heterocycles. The fraction of sp³-hybridized carbons (Fsp3) is 0.333. The summed E-state index contributed by atoms with van der Waals surface area (Å²) >= 11 is 0. The van der Waals surface area contributed by atoms with Crippen LogP contribution in [-0.2, 0) is 9.59 Å². The van der Waals surface area contributed by atoms with Crippen molar-refractivity contribution in [1.29, 1.82) is 0 Å². The van der Waals surface area contributed by atoms with E-state index in [0.29, 0.717) is 6.54 Å². The van der Waals surface area contributed by atoms with E-state index in [-0.39, 0.29) is 24.2 Å². The molecule has 0 aromatic heterocycles. The van der Waals surface area contributed by atoms with Crippen LogP contribution in [0.2, 0.25) is 0 Å². The van der Waals surface area contributed by atoms with Crippen molar-refractivity contribution in [3.8, 4) is 0 Å². The van der Waals surface area contributed by atoms with Crippen LogP contribution < -0.4 is 10.2 Å². The quantitative estimate of drug-likeness (QED) is 0.924. The Morgan fingerprint density at radius 3 is 2.56 bits per heavy atom. The van der Waals surface area contributed by atoms with E-state index < -0.39 is 0 Å². The lowest BCUT2D eigenvalue weighted by Gasteiger charge is -2.20. The van der Waals surface area contributed by atoms with Gasteiger partial charge in [0.25, 0.3) is 0 Å². The molecule has 0 bridgehead atoms. The normalized spacial score (nSPS) is 17.0. The highest BCUT2D eigenvalue weighted by Crippen LogP contribution is 2.30. The number of anilines is 2. The maximum atomic E-state index is 12.6. The van der Waals surface area contributed by atoms with Crippen molar-refractivity contribution in [2.75, 3.05) is 16.8 Å². The van der Waals surface area contributed by atoms with Crippen molar-refractivity contribution in [2.24, 2.45) is 5.92 Å². The first-order valence-corrected chi connectivity index (χ1v) is 8.61. The number of nitrogens with zero attached hydrogens (tertiary/aromatic N) is 1. The van der Waals surface area contributed by atoms with Crippen LogP contribution in [0.25, 0.3) is 0 Å². The van der Waals surface area contributed by atoms with Crippen LogP contribution in [0.1, 0.15) is 28.7 Å². The summed E-state index contributed by atoms with van der Waals surface area (Å²) in [5, 5.41) is 2.98. The van der Waals surface area contributed by atoms with Gasteiger partial charge in [-0.25, -0.2) is 0 Å². The van der Waals surface area contributed by atoms with Crippen molar-refractivity contribution < 1.29 is 9.59 Å². The molecule has 2 amide bonds. The molecule has 4 nitrogen and oxygen atoms in total. The number of aryl methyl sites for hydroxylation is 3. The summed E-state index contributed by atoms with van der Waals surface area (Å²) in [6.45, 7) is 8.48. The maximum Gasteiger partial charge on any atom is 0.229 e. The Morgan fingerprint density at radius 2 is 1.84 bits per heavy atom. The second kappa shape index (κ2) is 6.71. The number of carbonyl (C=O) groups excluding carboxylic acids is 2. The Morgan fingerprint density at radius 1 is 1.08 bits per heavy atom. The second-order valence-corrected chi connectivity index (χ2v) is 6.93. The number of hydrogen-bond donors (Lipinski definition) is 1. The van der Waals surface area contributed by atoms with Crippen LogP contribution in [0.15, 0.2) is 36.4 Å². The van der Waals surface area contributed by atoms with Crippen molar-refractivity contribution in [2.45, 2.75) is 34.1 Å². The van der Waals surface area contributed by atoms with Gasteiger partial charge in [-0.3, -0.25) is 9.59 Å². The standard InChI is InChI=1S/C21H24N2O2/c1-13-8-9-18(15(3)10-13)22-21(25)17-11-20(24)23(12-17)19-7-5-6-14(2)16(19)4/h5-10,17H,11-12H2,1-4H3,(H,22,25). The first-order valence-electron chi connectivity index (χ1n) is 8.61. The Kier molecular flexibility index (Phi) is 4.62. The van der Waals surface area contributed by atoms with Gasteiger partial charge in [-0.2, -0.15) is 0 Å². The summed E-state index contributed by atoms with van der Waals surface area (Å²) in [5.41, 5.74) is 6.15. The van der Waals surface area contributed by atoms with Gasteiger partial charge in [-0.1, -0.05) is 29.8 Å². The summed E-state index contributed by atoms with van der Waals surface area (Å²) in [5.74, 6) is -0.407. The van der Waals surface area contributed by atoms with Crippen LogP contribution in [0.5, 0.6) is 0 Å². The molecule has 0 saturated carbocycles. The summed E-state index contributed by atoms with van der Waals surface area (Å²) in [7, 11) is 0. The number of nitrogens with one attached hydrogen (secondary N) is 1. The molecule has 1 unspecified atom stereocenters. The first kappa shape index (κ1) is 17.2. The van der Waals surface area contributed by atoms with Crippen molar-refractivity contribution in [3.05, 3.63) is 58.7 Å². The number of carbonyl (C=O) groups is 2. The molecule has 2 aromatic carbocycles. The number of hydrogen-bond acceptors (Lipinski definition) is 2. The Labute approximate surface area is 148 Å². The smallest absolute Gasteiger partial charge is 0.229 e. The van der Waals surface area contributed by atoms with Gasteiger partial charge in [0, 0.05) is 24.3 Å². The van der Waals surface area contributed by atoms with Gasteiger partial charge in [0.15, 0.2) is 0 Å². The van der Waals surface area contributed by atoms with Crippen molar-refractivity contribution in [3.63, 3.8) is 0 Å². The number of benzene rings is 2. The highest BCUT2D eigenvalue weighted by Gasteiger charge is 2.35. The molecular formula is C21H24N2O2. The number of rotatable bonds is 3. The molecule has 130 valence electrons. The van der Waals surface area contributed by atoms with Crippen LogP contribution in [0.4, 0.5) is 11.4 Å². The van der Waals surface area contributed by atoms with E-state index in [2.05, 4.69) is 5.32 Å². The van der Waals surface area contributed by atoms with Gasteiger partial charge in [-0.05, 0) is 56.5 Å². The van der Waals surface area contributed by atoms with E-state index in [1.165, 1.54) is 0 Å². The Balaban J connectivity index is 1.75. The minimum absolute atomic E-state index is 0.00878. The predicted molar refractivity (Wildman–Crippen MR) is 101 cm³/mol. The van der Waals surface area contributed by atoms with Crippen LogP contribution in [0.3, 0.4) is 0 Å². The van der Waals surface area contributed by atoms with E-state index in [1.807, 2.05) is 64.1 Å². The molecule has 1 aliphatic rings. The van der Waals surface area contributed by atoms with Gasteiger partial charge in [0.2, 0.25) is 11.8 Å². The number of amides is 2. The average molecular weight is 336 g/mol. The molecule has 1 aliphatic heterocycles. The van der Waals surface area contributed by atoms with E-state index in [0.717, 1.165) is 33.6 Å². The third-order valence-electron chi connectivity index (χ3n) is 5.00. The Bertz CT molecular complexity index is 842. The SMILES string of the molecule is Cc1ccc(NC(=O)C2CC(=O)N(c3cccc(C)c3C)C2)c(C)c1. The fourth-order valence-corrected chi connectivity index (χ4v) is 3.33. The summed E-state index contributed by atoms with van der Waals surface area (Å²) in [6, 6.07) is 11.9. The van der Waals surface area contributed by atoms with E-state index in [9.17, 15) is 9.59 Å². The fourth-order valence-electron chi connectivity index (χ4n) is 3.33. The van der Waals surface area contributed by atoms with Gasteiger partial charge in [-0.15, -0.1) is 0 Å². The highest BCUT2D eigenvalue weighted by atomic mass is 16.2. The average Bonchev–Trinajstić information content (AvgIpc) is 2.94. The molecule has 1 atom stereocenters. The van der Waals surface area contributed by atoms with E-state index in [4.69, 9.17) is 0 Å². The molecule has 4 heteroatoms. The van der Waals surface area contributed by atoms with Crippen LogP contribution in [0, 0.1) is 33.6 Å². The molecule has 1 saturated heterocycles. The van der Waals surface area contributed by atoms with E-state index >= 15 is 0 Å². The monoisotopic (exact) mass is 336 g/mol. The van der Waals surface area contributed by atoms with Crippen molar-refractivity contribution in [1.82, 2.24) is 0 Å². The first-order chi connectivity index (χ1) is 11.9. The molecule has 1 fully saturated rings. The zero-order valence-corrected chi connectivity index (χ0v) is 15.2. The highest BCUT2D eigenvalue weighted by molar-refractivity contribution is 6.04. The van der Waals surface area contributed by atoms with Crippen molar-refractivity contribution >= 4 is 23.2 Å². The third-order valence-corrected chi connectivity index (χ3v) is 5.00. The summed E-state index contributed by atoms with van der Waals surface area (Å²) < 4.78 is 0. The minimum Gasteiger partial charge on any atom is -0.326 e. The molecule has 3 rings (SSSR count). The molecule has 1 N–H and O–H groups in total. The molecule has 0 spiro atoms. The Hall–Kier alpha value is -2.62. The largest absolute Gasteiger partial charge is 0.326 e. The zero-order chi connectivity index (χ0) is 18.1. The predicted octanol–water partition coefficient (Wildman–Crippen LogP) is 3.91. The summed E-state index contributed by atoms with van der Waals surface area (Å²) in [6.07, 6.45) is 0.254. The second-order valence-electron chi connectivity index (χ2n) is 6.93. The molecule has 25 heavy (non-hydrogen) atoms. The molecule has 0 radical (unpaired) electrons. The van der Waals surface area contributed by atoms with Crippen LogP contribution >= 0.6 is 0 Å². The lowest BCUT2D eigenvalue weighted by atomic mass is 10.1. The molecule has 0 aliphatic carbocycles. The molecular weight excluding hydrogens is 312 g/mol. The van der Waals surface area contributed by atoms with Gasteiger partial charge < -0.3 is 10.2 Å². The van der Waals surface area contributed by atoms with Gasteiger partial charge in [0.1, 0.15) is 0 Å². The third kappa shape index (κ3) is 3.43. The van der Waals surface area contributed by atoms with Crippen LogP contribution in [-0.4, -0.2) is 18.4 Å². The lowest BCUT2D eigenvalue weighted by Crippen LogP contribution is -2.28. The topological polar surface area (TPSA) is 49.4 Å². The zero-order valence-electron chi connectivity index (χ0n) is 15.2. The summed E-state index contributed by atoms with van der Waals surface area (Å²) in [4.78, 5) is 26.8. The van der Waals surface area contributed by atoms with Gasteiger partial charge in [0.05, 0.1) is 5.92 Å². The minimum atomic E-state index is -0.326. The van der Waals surface area contributed by atoms with Gasteiger partial charge >= 0.3 is 0 Å². The molecule has 2 aromatic rings. The van der Waals surface area contributed by atoms with E-state index in [1.54, 1.807) is 4.90 Å². The maximum absolute atomic E-state index is 12.6.